The van der Waals surface area contributed by atoms with Crippen LogP contribution in [0.1, 0.15) is 28.4 Å². The van der Waals surface area contributed by atoms with E-state index in [0.717, 1.165) is 11.1 Å². The Labute approximate surface area is 197 Å². The van der Waals surface area contributed by atoms with Crippen molar-refractivity contribution in [3.8, 4) is 5.75 Å². The van der Waals surface area contributed by atoms with E-state index in [9.17, 15) is 14.7 Å². The molecule has 176 valence electrons. The molecule has 0 fully saturated rings. The van der Waals surface area contributed by atoms with Gasteiger partial charge in [-0.3, -0.25) is 25.3 Å². The Morgan fingerprint density at radius 3 is 2.32 bits per heavy atom. The topological polar surface area (TPSA) is 153 Å². The number of nitrogens with zero attached hydrogens (tertiary/aromatic N) is 1. The van der Waals surface area contributed by atoms with E-state index >= 15 is 0 Å². The van der Waals surface area contributed by atoms with Crippen molar-refractivity contribution >= 4 is 17.6 Å². The Morgan fingerprint density at radius 1 is 0.971 bits per heavy atom. The third-order valence-electron chi connectivity index (χ3n) is 5.12. The van der Waals surface area contributed by atoms with Gasteiger partial charge in [-0.1, -0.05) is 42.5 Å². The average molecular weight is 461 g/mol. The van der Waals surface area contributed by atoms with Crippen molar-refractivity contribution in [2.75, 3.05) is 13.1 Å². The minimum absolute atomic E-state index is 0.00779. The van der Waals surface area contributed by atoms with Crippen molar-refractivity contribution in [2.24, 2.45) is 5.73 Å². The summed E-state index contributed by atoms with van der Waals surface area (Å²) in [5.41, 5.74) is 8.54. The molecule has 2 aromatic carbocycles. The molecule has 7 N–H and O–H groups in total. The Hall–Kier alpha value is -4.24. The van der Waals surface area contributed by atoms with Crippen molar-refractivity contribution in [3.05, 3.63) is 95.3 Å². The number of pyridine rings is 1. The lowest BCUT2D eigenvalue weighted by Crippen LogP contribution is -2.43. The smallest absolute Gasteiger partial charge is 0.243 e. The number of carbonyl (C=O) groups excluding carboxylic acids is 2. The fourth-order valence-electron chi connectivity index (χ4n) is 3.24. The van der Waals surface area contributed by atoms with E-state index in [4.69, 9.17) is 11.1 Å². The first kappa shape index (κ1) is 24.4. The lowest BCUT2D eigenvalue weighted by molar-refractivity contribution is -0.127. The first-order valence-electron chi connectivity index (χ1n) is 10.8. The van der Waals surface area contributed by atoms with Crippen LogP contribution in [0.2, 0.25) is 0 Å². The van der Waals surface area contributed by atoms with Crippen molar-refractivity contribution in [3.63, 3.8) is 0 Å². The molecule has 9 nitrogen and oxygen atoms in total. The predicted octanol–water partition coefficient (Wildman–Crippen LogP) is 1.38. The number of amidine groups is 1. The van der Waals surface area contributed by atoms with Gasteiger partial charge in [-0.25, -0.2) is 0 Å². The van der Waals surface area contributed by atoms with Gasteiger partial charge in [0, 0.05) is 24.8 Å². The van der Waals surface area contributed by atoms with Crippen molar-refractivity contribution in [1.82, 2.24) is 20.9 Å². The summed E-state index contributed by atoms with van der Waals surface area (Å²) in [4.78, 5) is 29.3. The number of amides is 2. The van der Waals surface area contributed by atoms with E-state index in [1.165, 1.54) is 0 Å². The molecule has 2 amide bonds. The van der Waals surface area contributed by atoms with Crippen LogP contribution in [-0.4, -0.2) is 40.8 Å². The number of nitrogens with two attached hydrogens (primary N) is 1. The molecule has 34 heavy (non-hydrogen) atoms. The van der Waals surface area contributed by atoms with Crippen LogP contribution < -0.4 is 21.7 Å². The van der Waals surface area contributed by atoms with Gasteiger partial charge in [0.2, 0.25) is 11.8 Å². The molecule has 0 saturated carbocycles. The van der Waals surface area contributed by atoms with Crippen LogP contribution in [0.15, 0.2) is 72.9 Å². The van der Waals surface area contributed by atoms with E-state index in [1.807, 2.05) is 12.1 Å². The van der Waals surface area contributed by atoms with Gasteiger partial charge in [-0.15, -0.1) is 0 Å². The number of benzene rings is 2. The highest BCUT2D eigenvalue weighted by atomic mass is 16.3. The van der Waals surface area contributed by atoms with Gasteiger partial charge in [-0.2, -0.15) is 0 Å². The quantitative estimate of drug-likeness (QED) is 0.188. The normalized spacial score (nSPS) is 11.4. The molecule has 0 saturated heterocycles. The third-order valence-corrected chi connectivity index (χ3v) is 5.12. The second-order valence-electron chi connectivity index (χ2n) is 7.66. The van der Waals surface area contributed by atoms with Gasteiger partial charge in [0.05, 0.1) is 12.2 Å². The van der Waals surface area contributed by atoms with Crippen molar-refractivity contribution in [1.29, 1.82) is 5.41 Å². The minimum Gasteiger partial charge on any atom is -0.508 e. The largest absolute Gasteiger partial charge is 0.508 e. The molecule has 1 atom stereocenters. The SMILES string of the molecule is N=C(N)c1ccc(CNC(C(=O)NCC(=O)NCCc2ccc(O)cc2)c2ccccn2)cc1. The van der Waals surface area contributed by atoms with Crippen molar-refractivity contribution < 1.29 is 14.7 Å². The van der Waals surface area contributed by atoms with Crippen LogP contribution in [0, 0.1) is 5.41 Å². The zero-order valence-electron chi connectivity index (χ0n) is 18.6. The molecule has 0 radical (unpaired) electrons. The molecular weight excluding hydrogens is 432 g/mol. The Morgan fingerprint density at radius 2 is 1.68 bits per heavy atom. The summed E-state index contributed by atoms with van der Waals surface area (Å²) >= 11 is 0. The fourth-order valence-corrected chi connectivity index (χ4v) is 3.24. The molecule has 9 heteroatoms. The van der Waals surface area contributed by atoms with Gasteiger partial charge in [0.25, 0.3) is 0 Å². The molecule has 0 bridgehead atoms. The highest BCUT2D eigenvalue weighted by Gasteiger charge is 2.21. The molecule has 3 rings (SSSR count). The molecule has 1 aromatic heterocycles. The van der Waals surface area contributed by atoms with E-state index in [0.29, 0.717) is 30.8 Å². The highest BCUT2D eigenvalue weighted by molar-refractivity contribution is 5.94. The zero-order chi connectivity index (χ0) is 24.3. The molecule has 0 spiro atoms. The second-order valence-corrected chi connectivity index (χ2v) is 7.66. The molecule has 1 heterocycles. The summed E-state index contributed by atoms with van der Waals surface area (Å²) in [5.74, 6) is -0.481. The van der Waals surface area contributed by atoms with Crippen LogP contribution in [-0.2, 0) is 22.6 Å². The third kappa shape index (κ3) is 7.42. The minimum atomic E-state index is -0.751. The zero-order valence-corrected chi connectivity index (χ0v) is 18.6. The summed E-state index contributed by atoms with van der Waals surface area (Å²) in [6.07, 6.45) is 2.22. The maximum Gasteiger partial charge on any atom is 0.243 e. The maximum absolute atomic E-state index is 12.9. The van der Waals surface area contributed by atoms with E-state index in [-0.39, 0.29) is 29.9 Å². The molecular formula is C25H28N6O3. The maximum atomic E-state index is 12.9. The Bertz CT molecular complexity index is 1100. The summed E-state index contributed by atoms with van der Waals surface area (Å²) in [6, 6.07) is 18.5. The lowest BCUT2D eigenvalue weighted by Gasteiger charge is -2.18. The van der Waals surface area contributed by atoms with Crippen molar-refractivity contribution in [2.45, 2.75) is 19.0 Å². The number of nitrogen functional groups attached to an aromatic ring is 1. The van der Waals surface area contributed by atoms with Crippen LogP contribution >= 0.6 is 0 Å². The summed E-state index contributed by atoms with van der Waals surface area (Å²) in [7, 11) is 0. The predicted molar refractivity (Wildman–Crippen MR) is 129 cm³/mol. The van der Waals surface area contributed by atoms with E-state index in [2.05, 4.69) is 20.9 Å². The summed E-state index contributed by atoms with van der Waals surface area (Å²) in [6.45, 7) is 0.635. The number of aromatic nitrogens is 1. The lowest BCUT2D eigenvalue weighted by atomic mass is 10.1. The van der Waals surface area contributed by atoms with Crippen LogP contribution in [0.25, 0.3) is 0 Å². The van der Waals surface area contributed by atoms with Gasteiger partial charge in [0.1, 0.15) is 17.6 Å². The number of phenolic OH excluding ortho intramolecular Hbond substituents is 1. The van der Waals surface area contributed by atoms with E-state index in [1.54, 1.807) is 60.8 Å². The Balaban J connectivity index is 1.52. The van der Waals surface area contributed by atoms with Crippen LogP contribution in [0.4, 0.5) is 0 Å². The monoisotopic (exact) mass is 460 g/mol. The van der Waals surface area contributed by atoms with Gasteiger partial charge in [0.15, 0.2) is 0 Å². The number of phenols is 1. The average Bonchev–Trinajstić information content (AvgIpc) is 2.85. The number of hydrogen-bond acceptors (Lipinski definition) is 6. The van der Waals surface area contributed by atoms with Crippen LogP contribution in [0.5, 0.6) is 5.75 Å². The number of nitrogens with one attached hydrogen (secondary N) is 4. The second kappa shape index (κ2) is 12.1. The van der Waals surface area contributed by atoms with Gasteiger partial charge in [-0.05, 0) is 41.8 Å². The number of aromatic hydroxyl groups is 1. The molecule has 1 unspecified atom stereocenters. The number of carbonyl (C=O) groups is 2. The Kier molecular flexibility index (Phi) is 8.70. The number of rotatable bonds is 11. The fraction of sp³-hybridized carbons (Fsp3) is 0.200. The first-order valence-corrected chi connectivity index (χ1v) is 10.8. The van der Waals surface area contributed by atoms with E-state index < -0.39 is 6.04 Å². The van der Waals surface area contributed by atoms with Gasteiger partial charge >= 0.3 is 0 Å². The van der Waals surface area contributed by atoms with Gasteiger partial charge < -0.3 is 21.5 Å². The standard InChI is InChI=1S/C25H28N6O3/c26-24(27)19-8-4-18(5-9-19)15-30-23(21-3-1-2-13-28-21)25(34)31-16-22(33)29-14-12-17-6-10-20(32)11-7-17/h1-11,13,23,30,32H,12,14-16H2,(H3,26,27)(H,29,33)(H,31,34). The molecule has 3 aromatic rings. The summed E-state index contributed by atoms with van der Waals surface area (Å²) < 4.78 is 0. The molecule has 0 aliphatic carbocycles. The van der Waals surface area contributed by atoms with Crippen LogP contribution in [0.3, 0.4) is 0 Å². The highest BCUT2D eigenvalue weighted by Crippen LogP contribution is 2.12. The summed E-state index contributed by atoms with van der Waals surface area (Å²) in [5, 5.41) is 25.4. The first-order chi connectivity index (χ1) is 16.4. The molecule has 0 aliphatic rings. The molecule has 0 aliphatic heterocycles. The number of hydrogen-bond donors (Lipinski definition) is 6.